The fraction of sp³-hybridized carbons (Fsp3) is 0.0400. The van der Waals surface area contributed by atoms with Gasteiger partial charge in [0.15, 0.2) is 0 Å². The number of hydrogen-bond donors (Lipinski definition) is 0. The van der Waals surface area contributed by atoms with E-state index in [1.165, 1.54) is 0 Å². The molecule has 0 aliphatic carbocycles. The minimum absolute atomic E-state index is 0.179. The first kappa shape index (κ1) is 65.7. The minimum atomic E-state index is -0.256. The normalized spacial score (nSPS) is 12.9. The van der Waals surface area contributed by atoms with Gasteiger partial charge in [0.1, 0.15) is 45.2 Å². The van der Waals surface area contributed by atoms with E-state index in [9.17, 15) is 38.4 Å². The topological polar surface area (TPSA) is 275 Å². The van der Waals surface area contributed by atoms with Gasteiger partial charge >= 0.3 is 0 Å². The summed E-state index contributed by atoms with van der Waals surface area (Å²) in [5.41, 5.74) is 21.0. The molecular weight excluding hydrogens is 1550 g/mol. The van der Waals surface area contributed by atoms with Crippen LogP contribution in [0.1, 0.15) is 22.3 Å². The maximum absolute atomic E-state index is 14.7. The number of hydrogen-bond acceptors (Lipinski definition) is 16. The van der Waals surface area contributed by atoms with Crippen molar-refractivity contribution in [1.29, 1.82) is 0 Å². The van der Waals surface area contributed by atoms with Crippen LogP contribution in [-0.4, -0.2) is 75.1 Å². The summed E-state index contributed by atoms with van der Waals surface area (Å²) < 4.78 is 13.2. The Bertz CT molecular complexity index is 10700. The number of fused-ring (bicyclic) bond motifs is 36. The SMILES string of the molecule is Cc1ccc2nc3c4cc5c(=O)n6c7cc(-c8ccc9nc%10c%11cc%12c(cc%11c(=O)n%10c9c8)c(=O)n8c9cc(C)ccc9nc%128)ccc7nc6c5cc4c(=O)n3c2c1.Cc1ccc2nc3c4ccc5c(=O)n6c7cc(-c8ccc9nc%10c%11ccc%12c%13c(ccc(c(=O)n%10c9c8)c%11%13)c(=O)n8c9cc(C)ccc9nc%128)ccc7nc6c6ccc(c(=O)n3c2c1)c4c56. The molecule has 0 amide bonds. The third kappa shape index (κ3) is 7.85. The van der Waals surface area contributed by atoms with E-state index < -0.39 is 0 Å². The molecule has 16 heterocycles. The molecule has 0 saturated heterocycles. The van der Waals surface area contributed by atoms with E-state index in [4.69, 9.17) is 39.9 Å². The summed E-state index contributed by atoms with van der Waals surface area (Å²) in [6.45, 7) is 7.94. The summed E-state index contributed by atoms with van der Waals surface area (Å²) in [5, 5.41) is 12.3. The Kier molecular flexibility index (Phi) is 11.5. The second kappa shape index (κ2) is 21.8. The van der Waals surface area contributed by atoms with E-state index in [2.05, 4.69) is 0 Å². The maximum atomic E-state index is 14.7. The zero-order valence-electron chi connectivity index (χ0n) is 65.2. The number of benzene rings is 14. The predicted octanol–water partition coefficient (Wildman–Crippen LogP) is 16.3. The number of rotatable bonds is 2. The van der Waals surface area contributed by atoms with Gasteiger partial charge in [-0.15, -0.1) is 0 Å². The van der Waals surface area contributed by atoms with Gasteiger partial charge < -0.3 is 0 Å². The second-order valence-corrected chi connectivity index (χ2v) is 33.4. The third-order valence-electron chi connectivity index (χ3n) is 26.6. The van der Waals surface area contributed by atoms with Crippen LogP contribution in [0.15, 0.2) is 257 Å². The zero-order valence-corrected chi connectivity index (χ0v) is 65.2. The predicted molar refractivity (Wildman–Crippen MR) is 487 cm³/mol. The highest BCUT2D eigenvalue weighted by molar-refractivity contribution is 6.30. The van der Waals surface area contributed by atoms with E-state index in [0.717, 1.165) is 110 Å². The average Bonchev–Trinajstić information content (AvgIpc) is 1.66. The lowest BCUT2D eigenvalue weighted by Gasteiger charge is -2.12. The molecule has 0 N–H and O–H groups in total. The van der Waals surface area contributed by atoms with E-state index >= 15 is 0 Å². The molecule has 0 radical (unpaired) electrons. The number of imidazole rings is 8. The van der Waals surface area contributed by atoms with Crippen LogP contribution >= 0.6 is 0 Å². The van der Waals surface area contributed by atoms with Crippen LogP contribution in [0.5, 0.6) is 0 Å². The molecule has 0 bridgehead atoms. The van der Waals surface area contributed by atoms with E-state index in [1.54, 1.807) is 65.5 Å². The highest BCUT2D eigenvalue weighted by Crippen LogP contribution is 2.43. The lowest BCUT2D eigenvalue weighted by atomic mass is 9.96. The van der Waals surface area contributed by atoms with E-state index in [-0.39, 0.29) is 44.5 Å². The lowest BCUT2D eigenvalue weighted by Crippen LogP contribution is -2.16. The molecule has 0 unspecified atom stereocenters. The number of nitrogens with zero attached hydrogens (tertiary/aromatic N) is 16. The maximum Gasteiger partial charge on any atom is 0.264 e. The Morgan fingerprint density at radius 1 is 0.161 bits per heavy atom. The molecular formula is C100H48N16O8. The van der Waals surface area contributed by atoms with Crippen LogP contribution in [-0.2, 0) is 0 Å². The molecule has 124 heavy (non-hydrogen) atoms. The van der Waals surface area contributed by atoms with Gasteiger partial charge in [-0.05, 0) is 242 Å². The van der Waals surface area contributed by atoms with Crippen LogP contribution in [0.25, 0.3) is 263 Å². The number of pyridine rings is 4. The monoisotopic (exact) mass is 1600 g/mol. The van der Waals surface area contributed by atoms with Crippen molar-refractivity contribution in [1.82, 2.24) is 75.1 Å². The third-order valence-corrected chi connectivity index (χ3v) is 26.6. The van der Waals surface area contributed by atoms with Crippen molar-refractivity contribution in [2.24, 2.45) is 0 Å². The second-order valence-electron chi connectivity index (χ2n) is 33.4. The van der Waals surface area contributed by atoms with Gasteiger partial charge in [0.2, 0.25) is 0 Å². The van der Waals surface area contributed by atoms with Gasteiger partial charge in [-0.2, -0.15) is 0 Å². The highest BCUT2D eigenvalue weighted by Gasteiger charge is 2.30. The standard InChI is InChI=1S/C54H26N8O4.C46H22N8O4/c1-23-3-15-35-39(19-23)59-47(55-35)27-7-8-28-44-34(14-13-33(43(27)44)52(59)64)54(66)61-41-21-25(5-17-37(41)57-49(28)61)26-6-18-38-42(22-26)62-50(58-38)30-10-11-31-45-29(9-12-32(46(30)45)53(62)65)48-56-36-16-4-24(2)20-40(36)60(48)51(31)63;1-19-3-7-31-35(11-19)51-39(47-31)23-15-24-30(18-29(23)45(51)57)46(58)53-37-13-21(5-9-33(37)49-40(24)53)22-6-10-34-38(14-22)54-42(50-34)26-17-27-25(16-28(26)44(54)56)41-48-32-8-4-20(2)12-36(32)52(41)43(27)55/h3-22H,1-2H3;3-18H,1-2H3. The van der Waals surface area contributed by atoms with Crippen molar-refractivity contribution in [3.05, 3.63) is 323 Å². The molecule has 0 spiro atoms. The van der Waals surface area contributed by atoms with Crippen molar-refractivity contribution < 1.29 is 0 Å². The smallest absolute Gasteiger partial charge is 0.264 e. The van der Waals surface area contributed by atoms with Crippen molar-refractivity contribution in [2.45, 2.75) is 27.7 Å². The average molecular weight is 1600 g/mol. The van der Waals surface area contributed by atoms with Crippen LogP contribution in [0.4, 0.5) is 0 Å². The van der Waals surface area contributed by atoms with Gasteiger partial charge in [-0.25, -0.2) is 39.9 Å². The molecule has 24 heteroatoms. The van der Waals surface area contributed by atoms with Gasteiger partial charge in [-0.1, -0.05) is 48.5 Å². The van der Waals surface area contributed by atoms with Crippen molar-refractivity contribution in [3.63, 3.8) is 0 Å². The van der Waals surface area contributed by atoms with Gasteiger partial charge in [0.25, 0.3) is 44.5 Å². The molecule has 30 rings (SSSR count). The molecule has 16 aromatic heterocycles. The van der Waals surface area contributed by atoms with Crippen molar-refractivity contribution >= 4 is 241 Å². The highest BCUT2D eigenvalue weighted by atomic mass is 16.2. The van der Waals surface area contributed by atoms with Crippen LogP contribution < -0.4 is 44.5 Å². The molecule has 0 atom stereocenters. The first-order chi connectivity index (χ1) is 60.4. The molecule has 14 aromatic carbocycles. The van der Waals surface area contributed by atoms with Crippen molar-refractivity contribution in [2.75, 3.05) is 0 Å². The Morgan fingerprint density at radius 3 is 0.540 bits per heavy atom. The van der Waals surface area contributed by atoms with Crippen LogP contribution in [0.3, 0.4) is 0 Å². The quantitative estimate of drug-likeness (QED) is 0.145. The zero-order chi connectivity index (χ0) is 82.4. The Balaban J connectivity index is 0.000000125. The summed E-state index contributed by atoms with van der Waals surface area (Å²) >= 11 is 0. The Hall–Kier alpha value is -17.3. The fourth-order valence-electron chi connectivity index (χ4n) is 20.9. The first-order valence-corrected chi connectivity index (χ1v) is 40.4. The molecule has 24 nitrogen and oxygen atoms in total. The molecule has 0 aliphatic heterocycles. The summed E-state index contributed by atoms with van der Waals surface area (Å²) in [6.07, 6.45) is 0. The van der Waals surface area contributed by atoms with Gasteiger partial charge in [0, 0.05) is 86.2 Å². The molecule has 0 saturated carbocycles. The lowest BCUT2D eigenvalue weighted by molar-refractivity contribution is 1.18. The number of aryl methyl sites for hydroxylation is 4. The largest absolute Gasteiger partial charge is 0.268 e. The molecule has 0 fully saturated rings. The Labute approximate surface area is 685 Å². The molecule has 0 aliphatic rings. The number of aromatic nitrogens is 16. The Morgan fingerprint density at radius 2 is 0.323 bits per heavy atom. The summed E-state index contributed by atoms with van der Waals surface area (Å²) in [4.78, 5) is 153. The van der Waals surface area contributed by atoms with Crippen molar-refractivity contribution in [3.8, 4) is 22.3 Å². The molecule has 30 aromatic rings. The fourth-order valence-corrected chi connectivity index (χ4v) is 20.9. The van der Waals surface area contributed by atoms with Crippen LogP contribution in [0.2, 0.25) is 0 Å². The minimum Gasteiger partial charge on any atom is -0.268 e. The van der Waals surface area contributed by atoms with Gasteiger partial charge in [0.05, 0.1) is 110 Å². The summed E-state index contributed by atoms with van der Waals surface area (Å²) in [6, 6.07) is 68.7. The van der Waals surface area contributed by atoms with Gasteiger partial charge in [-0.3, -0.25) is 73.6 Å². The summed E-state index contributed by atoms with van der Waals surface area (Å²) in [5.74, 6) is 0. The first-order valence-electron chi connectivity index (χ1n) is 40.4. The van der Waals surface area contributed by atoms with E-state index in [1.807, 2.05) is 216 Å². The molecule has 576 valence electrons. The summed E-state index contributed by atoms with van der Waals surface area (Å²) in [7, 11) is 0. The van der Waals surface area contributed by atoms with E-state index in [0.29, 0.717) is 175 Å². The van der Waals surface area contributed by atoms with Crippen LogP contribution in [0, 0.1) is 27.7 Å².